The van der Waals surface area contributed by atoms with Crippen molar-refractivity contribution in [2.24, 2.45) is 0 Å². The Morgan fingerprint density at radius 1 is 0.759 bits per heavy atom. The number of benzene rings is 3. The van der Waals surface area contributed by atoms with E-state index in [2.05, 4.69) is 77.1 Å². The van der Waals surface area contributed by atoms with Crippen molar-refractivity contribution in [3.8, 4) is 11.3 Å². The van der Waals surface area contributed by atoms with Crippen molar-refractivity contribution >= 4 is 32.7 Å². The van der Waals surface area contributed by atoms with Crippen molar-refractivity contribution in [3.05, 3.63) is 76.5 Å². The number of pyridine rings is 1. The van der Waals surface area contributed by atoms with Crippen molar-refractivity contribution in [1.29, 1.82) is 0 Å². The Morgan fingerprint density at radius 2 is 1.55 bits per heavy atom. The van der Waals surface area contributed by atoms with Crippen LogP contribution in [0.25, 0.3) is 44.0 Å². The molecule has 0 unspecified atom stereocenters. The molecular formula is C27H23NO. The maximum absolute atomic E-state index is 6.44. The van der Waals surface area contributed by atoms with Crippen molar-refractivity contribution < 1.29 is 4.42 Å². The molecule has 2 heteroatoms. The summed E-state index contributed by atoms with van der Waals surface area (Å²) in [6.07, 6.45) is 1.95. The lowest BCUT2D eigenvalue weighted by Crippen LogP contribution is -2.19. The normalized spacial score (nSPS) is 14.7. The smallest absolute Gasteiger partial charge is 0.142 e. The van der Waals surface area contributed by atoms with E-state index in [9.17, 15) is 0 Å². The third kappa shape index (κ3) is 2.04. The highest BCUT2D eigenvalue weighted by molar-refractivity contribution is 6.16. The maximum atomic E-state index is 6.44. The molecule has 0 radical (unpaired) electrons. The first-order valence-electron chi connectivity index (χ1n) is 10.2. The summed E-state index contributed by atoms with van der Waals surface area (Å²) < 4.78 is 6.44. The molecule has 1 aliphatic carbocycles. The number of hydrogen-bond donors (Lipinski definition) is 0. The third-order valence-electron chi connectivity index (χ3n) is 6.75. The molecular weight excluding hydrogens is 354 g/mol. The second kappa shape index (κ2) is 5.27. The summed E-state index contributed by atoms with van der Waals surface area (Å²) >= 11 is 0. The first kappa shape index (κ1) is 16.8. The van der Waals surface area contributed by atoms with Crippen LogP contribution >= 0.6 is 0 Å². The Kier molecular flexibility index (Phi) is 3.05. The van der Waals surface area contributed by atoms with Gasteiger partial charge in [0.2, 0.25) is 0 Å². The van der Waals surface area contributed by atoms with E-state index < -0.39 is 0 Å². The van der Waals surface area contributed by atoms with Crippen LogP contribution in [0, 0.1) is 20.8 Å². The molecule has 2 aromatic heterocycles. The molecule has 2 heterocycles. The Balaban J connectivity index is 1.90. The van der Waals surface area contributed by atoms with Crippen LogP contribution in [-0.2, 0) is 5.41 Å². The van der Waals surface area contributed by atoms with Crippen LogP contribution in [0.3, 0.4) is 0 Å². The molecule has 0 saturated heterocycles. The minimum Gasteiger partial charge on any atom is -0.455 e. The van der Waals surface area contributed by atoms with Gasteiger partial charge < -0.3 is 4.42 Å². The average Bonchev–Trinajstić information content (AvgIpc) is 3.07. The molecule has 0 atom stereocenters. The summed E-state index contributed by atoms with van der Waals surface area (Å²) in [4.78, 5) is 4.95. The van der Waals surface area contributed by atoms with Crippen LogP contribution in [0.15, 0.2) is 53.1 Å². The minimum absolute atomic E-state index is 0.162. The highest BCUT2D eigenvalue weighted by atomic mass is 16.3. The molecule has 6 rings (SSSR count). The molecule has 0 fully saturated rings. The van der Waals surface area contributed by atoms with E-state index >= 15 is 0 Å². The lowest BCUT2D eigenvalue weighted by molar-refractivity contribution is 0.641. The van der Waals surface area contributed by atoms with Crippen LogP contribution in [0.1, 0.15) is 41.7 Å². The molecule has 3 aromatic carbocycles. The first-order valence-corrected chi connectivity index (χ1v) is 10.2. The molecule has 0 bridgehead atoms. The zero-order chi connectivity index (χ0) is 20.1. The highest BCUT2D eigenvalue weighted by Crippen LogP contribution is 2.50. The van der Waals surface area contributed by atoms with E-state index in [1.54, 1.807) is 0 Å². The summed E-state index contributed by atoms with van der Waals surface area (Å²) in [7, 11) is 0. The fraction of sp³-hybridized carbons (Fsp3) is 0.222. The number of rotatable bonds is 0. The zero-order valence-corrected chi connectivity index (χ0v) is 17.5. The van der Waals surface area contributed by atoms with Gasteiger partial charge in [-0.3, -0.25) is 4.98 Å². The van der Waals surface area contributed by atoms with Crippen LogP contribution in [0.5, 0.6) is 0 Å². The van der Waals surface area contributed by atoms with Gasteiger partial charge in [-0.2, -0.15) is 0 Å². The quantitative estimate of drug-likeness (QED) is 0.282. The second-order valence-electron chi connectivity index (χ2n) is 9.10. The molecule has 0 amide bonds. The zero-order valence-electron chi connectivity index (χ0n) is 17.5. The van der Waals surface area contributed by atoms with Gasteiger partial charge in [-0.1, -0.05) is 49.7 Å². The number of aromatic nitrogens is 1. The summed E-state index contributed by atoms with van der Waals surface area (Å²) in [5.41, 5.74) is 10.2. The van der Waals surface area contributed by atoms with Crippen LogP contribution < -0.4 is 0 Å². The average molecular weight is 377 g/mol. The van der Waals surface area contributed by atoms with Crippen molar-refractivity contribution in [2.75, 3.05) is 0 Å². The maximum Gasteiger partial charge on any atom is 0.142 e. The molecule has 2 nitrogen and oxygen atoms in total. The van der Waals surface area contributed by atoms with E-state index in [-0.39, 0.29) is 5.41 Å². The fourth-order valence-corrected chi connectivity index (χ4v) is 5.12. The molecule has 1 aliphatic rings. The van der Waals surface area contributed by atoms with Gasteiger partial charge in [-0.25, -0.2) is 0 Å². The summed E-state index contributed by atoms with van der Waals surface area (Å²) in [5, 5.41) is 4.93. The lowest BCUT2D eigenvalue weighted by Gasteiger charge is -2.28. The highest BCUT2D eigenvalue weighted by Gasteiger charge is 2.35. The Morgan fingerprint density at radius 3 is 2.38 bits per heavy atom. The van der Waals surface area contributed by atoms with Gasteiger partial charge in [-0.15, -0.1) is 0 Å². The predicted octanol–water partition coefficient (Wildman–Crippen LogP) is 7.37. The van der Waals surface area contributed by atoms with Crippen LogP contribution in [0.2, 0.25) is 0 Å². The molecule has 142 valence electrons. The monoisotopic (exact) mass is 377 g/mol. The van der Waals surface area contributed by atoms with Crippen LogP contribution in [0.4, 0.5) is 0 Å². The van der Waals surface area contributed by atoms with Gasteiger partial charge in [0, 0.05) is 28.1 Å². The van der Waals surface area contributed by atoms with Gasteiger partial charge in [0.05, 0.1) is 11.1 Å². The molecule has 5 aromatic rings. The first-order chi connectivity index (χ1) is 13.9. The SMILES string of the molecule is Cc1ccc2cc3c(cc2c1)C(C)(C)c1ccc(C)c2oc4c(C)cnc-3c4c12. The molecule has 0 saturated carbocycles. The Labute approximate surface area is 170 Å². The molecule has 0 spiro atoms. The van der Waals surface area contributed by atoms with Gasteiger partial charge in [0.1, 0.15) is 11.2 Å². The van der Waals surface area contributed by atoms with E-state index in [1.807, 2.05) is 6.20 Å². The number of hydrogen-bond acceptors (Lipinski definition) is 2. The van der Waals surface area contributed by atoms with Gasteiger partial charge in [0.15, 0.2) is 0 Å². The summed E-state index contributed by atoms with van der Waals surface area (Å²) in [6, 6.07) is 15.9. The van der Waals surface area contributed by atoms with E-state index in [0.29, 0.717) is 0 Å². The predicted molar refractivity (Wildman–Crippen MR) is 121 cm³/mol. The van der Waals surface area contributed by atoms with Gasteiger partial charge in [0.25, 0.3) is 0 Å². The Bertz CT molecular complexity index is 1500. The van der Waals surface area contributed by atoms with E-state index in [0.717, 1.165) is 27.8 Å². The standard InChI is InChI=1S/C27H23NO/c1-14-6-8-17-11-19-21(12-18(17)10-14)27(4,5)20-9-7-15(2)25-22(20)23-24(19)28-13-16(3)26(23)29-25/h6-13H,1-5H3. The minimum atomic E-state index is -0.162. The number of aryl methyl sites for hydroxylation is 3. The number of furan rings is 1. The van der Waals surface area contributed by atoms with Gasteiger partial charge in [-0.05, 0) is 60.4 Å². The van der Waals surface area contributed by atoms with Crippen molar-refractivity contribution in [2.45, 2.75) is 40.0 Å². The summed E-state index contributed by atoms with van der Waals surface area (Å²) in [6.45, 7) is 11.0. The number of fused-ring (bicyclic) bond motifs is 3. The third-order valence-corrected chi connectivity index (χ3v) is 6.75. The second-order valence-corrected chi connectivity index (χ2v) is 9.10. The van der Waals surface area contributed by atoms with Crippen LogP contribution in [-0.4, -0.2) is 4.98 Å². The van der Waals surface area contributed by atoms with Gasteiger partial charge >= 0.3 is 0 Å². The van der Waals surface area contributed by atoms with Crippen molar-refractivity contribution in [1.82, 2.24) is 4.98 Å². The fourth-order valence-electron chi connectivity index (χ4n) is 5.12. The molecule has 0 aliphatic heterocycles. The molecule has 0 N–H and O–H groups in total. The van der Waals surface area contributed by atoms with E-state index in [1.165, 1.54) is 44.0 Å². The largest absolute Gasteiger partial charge is 0.455 e. The summed E-state index contributed by atoms with van der Waals surface area (Å²) in [5.74, 6) is 0. The Hall–Kier alpha value is -3.13. The lowest BCUT2D eigenvalue weighted by atomic mass is 9.75. The van der Waals surface area contributed by atoms with E-state index in [4.69, 9.17) is 9.40 Å². The van der Waals surface area contributed by atoms with Crippen molar-refractivity contribution in [3.63, 3.8) is 0 Å². The molecule has 29 heavy (non-hydrogen) atoms. The topological polar surface area (TPSA) is 26.0 Å². The number of nitrogens with zero attached hydrogens (tertiary/aromatic N) is 1.